The molecule has 3 aromatic carbocycles. The van der Waals surface area contributed by atoms with E-state index in [1.165, 1.54) is 0 Å². The van der Waals surface area contributed by atoms with E-state index < -0.39 is 5.79 Å². The molecule has 0 atom stereocenters. The molecule has 3 rings (SSSR count). The molecule has 0 saturated heterocycles. The molecule has 0 bridgehead atoms. The maximum atomic E-state index is 10.4. The summed E-state index contributed by atoms with van der Waals surface area (Å²) in [4.78, 5) is 0. The number of phenolic OH excluding ortho intramolecular Hbond substituents is 1. The predicted molar refractivity (Wildman–Crippen MR) is 94.2 cm³/mol. The van der Waals surface area contributed by atoms with Gasteiger partial charge in [-0.2, -0.15) is 0 Å². The molecular weight excluding hydrogens is 300 g/mol. The third-order valence-electron chi connectivity index (χ3n) is 3.83. The first-order valence-electron chi connectivity index (χ1n) is 8.00. The maximum absolute atomic E-state index is 10.4. The Balaban J connectivity index is 2.06. The summed E-state index contributed by atoms with van der Waals surface area (Å²) < 4.78 is 12.5. The summed E-state index contributed by atoms with van der Waals surface area (Å²) in [5.41, 5.74) is 0.597. The van der Waals surface area contributed by atoms with E-state index >= 15 is 0 Å². The van der Waals surface area contributed by atoms with E-state index in [4.69, 9.17) is 9.47 Å². The minimum absolute atomic E-state index is 0.145. The number of rotatable bonds is 6. The first-order valence-corrected chi connectivity index (χ1v) is 8.00. The van der Waals surface area contributed by atoms with E-state index in [0.29, 0.717) is 23.5 Å². The van der Waals surface area contributed by atoms with Gasteiger partial charge in [-0.3, -0.25) is 0 Å². The summed E-state index contributed by atoms with van der Waals surface area (Å²) in [6.45, 7) is 1.97. The van der Waals surface area contributed by atoms with E-state index in [9.17, 15) is 5.11 Å². The topological polar surface area (TPSA) is 38.7 Å². The molecular formula is C21H20O3. The Bertz CT molecular complexity index is 728. The Hall–Kier alpha value is -2.94. The molecule has 0 aromatic heterocycles. The molecule has 0 saturated carbocycles. The van der Waals surface area contributed by atoms with Crippen LogP contribution < -0.4 is 9.47 Å². The smallest absolute Gasteiger partial charge is 0.281 e. The Kier molecular flexibility index (Phi) is 4.71. The number of ether oxygens (including phenoxy) is 2. The van der Waals surface area contributed by atoms with Crippen molar-refractivity contribution in [2.75, 3.05) is 0 Å². The lowest BCUT2D eigenvalue weighted by atomic mass is 10.0. The van der Waals surface area contributed by atoms with Gasteiger partial charge in [0.1, 0.15) is 17.2 Å². The number of aromatic hydroxyl groups is 1. The number of phenols is 1. The lowest BCUT2D eigenvalue weighted by molar-refractivity contribution is -0.125. The minimum atomic E-state index is -1.12. The van der Waals surface area contributed by atoms with Gasteiger partial charge in [0, 0.05) is 6.42 Å². The fraction of sp³-hybridized carbons (Fsp3) is 0.143. The van der Waals surface area contributed by atoms with Crippen molar-refractivity contribution >= 4 is 0 Å². The van der Waals surface area contributed by atoms with Crippen LogP contribution in [0.3, 0.4) is 0 Å². The highest BCUT2D eigenvalue weighted by Gasteiger charge is 2.38. The number of hydrogen-bond acceptors (Lipinski definition) is 3. The first-order chi connectivity index (χ1) is 11.7. The molecule has 0 aliphatic heterocycles. The molecule has 0 aliphatic carbocycles. The zero-order valence-corrected chi connectivity index (χ0v) is 13.6. The van der Waals surface area contributed by atoms with Crippen LogP contribution in [0.2, 0.25) is 0 Å². The Morgan fingerprint density at radius 1 is 0.708 bits per heavy atom. The largest absolute Gasteiger partial charge is 0.507 e. The van der Waals surface area contributed by atoms with Crippen LogP contribution in [0.5, 0.6) is 17.2 Å². The second-order valence-corrected chi connectivity index (χ2v) is 5.45. The van der Waals surface area contributed by atoms with Gasteiger partial charge in [-0.15, -0.1) is 0 Å². The number of benzene rings is 3. The van der Waals surface area contributed by atoms with Gasteiger partial charge in [0.2, 0.25) is 0 Å². The van der Waals surface area contributed by atoms with E-state index in [1.54, 1.807) is 12.1 Å². The van der Waals surface area contributed by atoms with Crippen LogP contribution in [0.1, 0.15) is 18.9 Å². The SMILES string of the molecule is CCC(Oc1ccccc1)(Oc1ccccc1)c1ccccc1O. The van der Waals surface area contributed by atoms with Crippen molar-refractivity contribution in [1.29, 1.82) is 0 Å². The lowest BCUT2D eigenvalue weighted by Gasteiger charge is -2.34. The Labute approximate surface area is 142 Å². The summed E-state index contributed by atoms with van der Waals surface area (Å²) in [6, 6.07) is 26.1. The molecule has 3 heteroatoms. The van der Waals surface area contributed by atoms with E-state index in [-0.39, 0.29) is 5.75 Å². The van der Waals surface area contributed by atoms with Gasteiger partial charge in [-0.1, -0.05) is 55.5 Å². The van der Waals surface area contributed by atoms with Gasteiger partial charge in [0.05, 0.1) is 5.56 Å². The van der Waals surface area contributed by atoms with Crippen LogP contribution >= 0.6 is 0 Å². The summed E-state index contributed by atoms with van der Waals surface area (Å²) in [7, 11) is 0. The third-order valence-corrected chi connectivity index (χ3v) is 3.83. The monoisotopic (exact) mass is 320 g/mol. The van der Waals surface area contributed by atoms with Crippen molar-refractivity contribution in [3.63, 3.8) is 0 Å². The van der Waals surface area contributed by atoms with Crippen molar-refractivity contribution in [3.05, 3.63) is 90.5 Å². The Morgan fingerprint density at radius 3 is 1.62 bits per heavy atom. The molecule has 0 aliphatic rings. The summed E-state index contributed by atoms with van der Waals surface area (Å²) in [6.07, 6.45) is 0.522. The number of para-hydroxylation sites is 3. The van der Waals surface area contributed by atoms with E-state index in [0.717, 1.165) is 0 Å². The average molecular weight is 320 g/mol. The molecule has 0 heterocycles. The molecule has 0 radical (unpaired) electrons. The van der Waals surface area contributed by atoms with Crippen molar-refractivity contribution < 1.29 is 14.6 Å². The van der Waals surface area contributed by atoms with Gasteiger partial charge < -0.3 is 14.6 Å². The molecule has 1 N–H and O–H groups in total. The van der Waals surface area contributed by atoms with Crippen LogP contribution in [0.4, 0.5) is 0 Å². The second-order valence-electron chi connectivity index (χ2n) is 5.45. The average Bonchev–Trinajstić information content (AvgIpc) is 2.63. The summed E-state index contributed by atoms with van der Waals surface area (Å²) >= 11 is 0. The van der Waals surface area contributed by atoms with Crippen LogP contribution in [-0.4, -0.2) is 5.11 Å². The Morgan fingerprint density at radius 2 is 1.17 bits per heavy atom. The molecule has 0 unspecified atom stereocenters. The molecule has 0 amide bonds. The summed E-state index contributed by atoms with van der Waals surface area (Å²) in [5, 5.41) is 10.4. The van der Waals surface area contributed by atoms with Crippen LogP contribution in [0.15, 0.2) is 84.9 Å². The molecule has 122 valence electrons. The lowest BCUT2D eigenvalue weighted by Crippen LogP contribution is -2.39. The molecule has 0 spiro atoms. The highest BCUT2D eigenvalue weighted by atomic mass is 16.7. The van der Waals surface area contributed by atoms with Gasteiger partial charge in [-0.25, -0.2) is 0 Å². The minimum Gasteiger partial charge on any atom is -0.507 e. The molecule has 3 nitrogen and oxygen atoms in total. The van der Waals surface area contributed by atoms with Crippen molar-refractivity contribution in [1.82, 2.24) is 0 Å². The standard InChI is InChI=1S/C21H20O3/c1-2-21(19-15-9-10-16-20(19)22,23-17-11-5-3-6-12-17)24-18-13-7-4-8-14-18/h3-16,22H,2H2,1H3. The van der Waals surface area contributed by atoms with Crippen molar-refractivity contribution in [2.24, 2.45) is 0 Å². The fourth-order valence-corrected chi connectivity index (χ4v) is 2.62. The normalized spacial score (nSPS) is 11.0. The molecule has 3 aromatic rings. The fourth-order valence-electron chi connectivity index (χ4n) is 2.62. The molecule has 24 heavy (non-hydrogen) atoms. The van der Waals surface area contributed by atoms with Crippen LogP contribution in [-0.2, 0) is 5.79 Å². The highest BCUT2D eigenvalue weighted by molar-refractivity contribution is 5.38. The predicted octanol–water partition coefficient (Wildman–Crippen LogP) is 5.11. The van der Waals surface area contributed by atoms with E-state index in [1.807, 2.05) is 79.7 Å². The highest BCUT2D eigenvalue weighted by Crippen LogP contribution is 2.38. The first kappa shape index (κ1) is 15.9. The van der Waals surface area contributed by atoms with E-state index in [2.05, 4.69) is 0 Å². The molecule has 0 fully saturated rings. The quantitative estimate of drug-likeness (QED) is 0.641. The van der Waals surface area contributed by atoms with Crippen molar-refractivity contribution in [2.45, 2.75) is 19.1 Å². The maximum Gasteiger partial charge on any atom is 0.281 e. The van der Waals surface area contributed by atoms with Crippen LogP contribution in [0, 0.1) is 0 Å². The number of hydrogen-bond donors (Lipinski definition) is 1. The van der Waals surface area contributed by atoms with Gasteiger partial charge in [0.25, 0.3) is 5.79 Å². The third kappa shape index (κ3) is 3.35. The van der Waals surface area contributed by atoms with Gasteiger partial charge in [-0.05, 0) is 36.4 Å². The summed E-state index contributed by atoms with van der Waals surface area (Å²) in [5.74, 6) is 0.386. The van der Waals surface area contributed by atoms with Crippen molar-refractivity contribution in [3.8, 4) is 17.2 Å². The zero-order valence-electron chi connectivity index (χ0n) is 13.6. The van der Waals surface area contributed by atoms with Crippen LogP contribution in [0.25, 0.3) is 0 Å². The second kappa shape index (κ2) is 7.09. The zero-order chi connectivity index (χ0) is 16.8. The van der Waals surface area contributed by atoms with Gasteiger partial charge >= 0.3 is 0 Å². The van der Waals surface area contributed by atoms with Gasteiger partial charge in [0.15, 0.2) is 0 Å².